The molecule has 0 unspecified atom stereocenters. The van der Waals surface area contributed by atoms with Gasteiger partial charge in [-0.25, -0.2) is 0 Å². The van der Waals surface area contributed by atoms with Crippen molar-refractivity contribution in [3.05, 3.63) is 48.0 Å². The van der Waals surface area contributed by atoms with Gasteiger partial charge in [-0.15, -0.1) is 0 Å². The van der Waals surface area contributed by atoms with Crippen LogP contribution in [0.25, 0.3) is 0 Å². The summed E-state index contributed by atoms with van der Waals surface area (Å²) in [5.41, 5.74) is 1.06. The summed E-state index contributed by atoms with van der Waals surface area (Å²) in [7, 11) is 0. The van der Waals surface area contributed by atoms with Crippen LogP contribution < -0.4 is 24.3 Å². The number of rotatable bonds is 12. The van der Waals surface area contributed by atoms with E-state index in [1.165, 1.54) is 0 Å². The minimum absolute atomic E-state index is 0.0580. The highest BCUT2D eigenvalue weighted by atomic mass is 16.5. The van der Waals surface area contributed by atoms with Crippen molar-refractivity contribution < 1.29 is 23.7 Å². The minimum Gasteiger partial charge on any atom is -0.490 e. The van der Waals surface area contributed by atoms with E-state index in [4.69, 9.17) is 18.9 Å². The molecule has 28 heavy (non-hydrogen) atoms. The lowest BCUT2D eigenvalue weighted by atomic mass is 10.1. The summed E-state index contributed by atoms with van der Waals surface area (Å²) in [5.74, 6) is 2.48. The van der Waals surface area contributed by atoms with Crippen molar-refractivity contribution >= 4 is 5.91 Å². The van der Waals surface area contributed by atoms with E-state index in [1.54, 1.807) is 6.07 Å². The second-order valence-corrected chi connectivity index (χ2v) is 5.92. The van der Waals surface area contributed by atoms with Crippen molar-refractivity contribution in [2.75, 3.05) is 33.0 Å². The molecule has 2 aromatic rings. The maximum atomic E-state index is 12.1. The monoisotopic (exact) mass is 387 g/mol. The molecule has 6 nitrogen and oxygen atoms in total. The van der Waals surface area contributed by atoms with Gasteiger partial charge in [-0.05, 0) is 57.0 Å². The van der Waals surface area contributed by atoms with Gasteiger partial charge in [-0.3, -0.25) is 4.79 Å². The third-order valence-electron chi connectivity index (χ3n) is 3.85. The molecule has 0 bridgehead atoms. The molecule has 0 aromatic heterocycles. The van der Waals surface area contributed by atoms with E-state index in [2.05, 4.69) is 5.32 Å². The first kappa shape index (κ1) is 21.4. The zero-order valence-corrected chi connectivity index (χ0v) is 16.8. The van der Waals surface area contributed by atoms with Gasteiger partial charge in [0.1, 0.15) is 0 Å². The molecular formula is C22H29NO5. The first-order valence-corrected chi connectivity index (χ1v) is 9.67. The molecule has 0 aliphatic rings. The Kier molecular flexibility index (Phi) is 8.98. The van der Waals surface area contributed by atoms with Gasteiger partial charge >= 0.3 is 0 Å². The summed E-state index contributed by atoms with van der Waals surface area (Å²) in [4.78, 5) is 12.1. The molecule has 0 aliphatic carbocycles. The molecule has 1 N–H and O–H groups in total. The molecule has 0 heterocycles. The van der Waals surface area contributed by atoms with Gasteiger partial charge in [-0.2, -0.15) is 0 Å². The SMILES string of the molecule is CCOc1ccc(CCNC(=O)COc2ccccc2OCC)cc1OCC. The Morgan fingerprint density at radius 3 is 2.00 bits per heavy atom. The van der Waals surface area contributed by atoms with E-state index < -0.39 is 0 Å². The van der Waals surface area contributed by atoms with Gasteiger partial charge in [0.05, 0.1) is 19.8 Å². The fraction of sp³-hybridized carbons (Fsp3) is 0.409. The normalized spacial score (nSPS) is 10.2. The van der Waals surface area contributed by atoms with Crippen LogP contribution in [0.1, 0.15) is 26.3 Å². The van der Waals surface area contributed by atoms with Gasteiger partial charge in [0.2, 0.25) is 0 Å². The molecular weight excluding hydrogens is 358 g/mol. The number of hydrogen-bond acceptors (Lipinski definition) is 5. The van der Waals surface area contributed by atoms with Crippen LogP contribution in [0, 0.1) is 0 Å². The Labute approximate surface area is 166 Å². The third-order valence-corrected chi connectivity index (χ3v) is 3.85. The number of benzene rings is 2. The number of carbonyl (C=O) groups is 1. The van der Waals surface area contributed by atoms with Crippen molar-refractivity contribution in [2.24, 2.45) is 0 Å². The second-order valence-electron chi connectivity index (χ2n) is 5.92. The number of amides is 1. The molecule has 0 spiro atoms. The van der Waals surface area contributed by atoms with E-state index in [0.717, 1.165) is 17.1 Å². The van der Waals surface area contributed by atoms with Gasteiger partial charge in [0.25, 0.3) is 5.91 Å². The largest absolute Gasteiger partial charge is 0.490 e. The average molecular weight is 387 g/mol. The minimum atomic E-state index is -0.178. The fourth-order valence-corrected chi connectivity index (χ4v) is 2.64. The van der Waals surface area contributed by atoms with Gasteiger partial charge in [-0.1, -0.05) is 18.2 Å². The summed E-state index contributed by atoms with van der Waals surface area (Å²) >= 11 is 0. The highest BCUT2D eigenvalue weighted by molar-refractivity contribution is 5.77. The zero-order chi connectivity index (χ0) is 20.2. The van der Waals surface area contributed by atoms with E-state index in [-0.39, 0.29) is 12.5 Å². The molecule has 0 aliphatic heterocycles. The Morgan fingerprint density at radius 1 is 0.786 bits per heavy atom. The van der Waals surface area contributed by atoms with Crippen LogP contribution >= 0.6 is 0 Å². The first-order chi connectivity index (χ1) is 13.7. The quantitative estimate of drug-likeness (QED) is 0.603. The fourth-order valence-electron chi connectivity index (χ4n) is 2.64. The Balaban J connectivity index is 1.81. The van der Waals surface area contributed by atoms with Crippen molar-refractivity contribution in [3.63, 3.8) is 0 Å². The second kappa shape index (κ2) is 11.7. The maximum Gasteiger partial charge on any atom is 0.257 e. The smallest absolute Gasteiger partial charge is 0.257 e. The summed E-state index contributed by atoms with van der Waals surface area (Å²) in [6.07, 6.45) is 0.688. The first-order valence-electron chi connectivity index (χ1n) is 9.67. The van der Waals surface area contributed by atoms with Gasteiger partial charge in [0, 0.05) is 6.54 Å². The summed E-state index contributed by atoms with van der Waals surface area (Å²) < 4.78 is 22.3. The molecule has 2 aromatic carbocycles. The van der Waals surface area contributed by atoms with Crippen molar-refractivity contribution in [3.8, 4) is 23.0 Å². The molecule has 6 heteroatoms. The van der Waals surface area contributed by atoms with Crippen LogP contribution in [-0.2, 0) is 11.2 Å². The van der Waals surface area contributed by atoms with Crippen molar-refractivity contribution in [1.29, 1.82) is 0 Å². The van der Waals surface area contributed by atoms with E-state index in [0.29, 0.717) is 44.3 Å². The van der Waals surface area contributed by atoms with Gasteiger partial charge in [0.15, 0.2) is 29.6 Å². The maximum absolute atomic E-state index is 12.1. The van der Waals surface area contributed by atoms with Crippen LogP contribution in [0.15, 0.2) is 42.5 Å². The molecule has 0 radical (unpaired) electrons. The van der Waals surface area contributed by atoms with E-state index >= 15 is 0 Å². The zero-order valence-electron chi connectivity index (χ0n) is 16.8. The Hall–Kier alpha value is -2.89. The van der Waals surface area contributed by atoms with Gasteiger partial charge < -0.3 is 24.3 Å². The van der Waals surface area contributed by atoms with Crippen molar-refractivity contribution in [1.82, 2.24) is 5.32 Å². The predicted octanol–water partition coefficient (Wildman–Crippen LogP) is 3.62. The topological polar surface area (TPSA) is 66.0 Å². The van der Waals surface area contributed by atoms with Crippen LogP contribution in [0.5, 0.6) is 23.0 Å². The van der Waals surface area contributed by atoms with Crippen LogP contribution in [0.3, 0.4) is 0 Å². The Bertz CT molecular complexity index is 747. The molecule has 2 rings (SSSR count). The van der Waals surface area contributed by atoms with E-state index in [1.807, 2.05) is 57.2 Å². The lowest BCUT2D eigenvalue weighted by molar-refractivity contribution is -0.123. The lowest BCUT2D eigenvalue weighted by Gasteiger charge is -2.13. The molecule has 0 saturated heterocycles. The number of nitrogens with one attached hydrogen (secondary N) is 1. The summed E-state index contributed by atoms with van der Waals surface area (Å²) in [6, 6.07) is 13.2. The Morgan fingerprint density at radius 2 is 1.36 bits per heavy atom. The number of para-hydroxylation sites is 2. The van der Waals surface area contributed by atoms with E-state index in [9.17, 15) is 4.79 Å². The molecule has 152 valence electrons. The standard InChI is InChI=1S/C22H29NO5/c1-4-25-18-9-7-8-10-19(18)28-16-22(24)23-14-13-17-11-12-20(26-5-2)21(15-17)27-6-3/h7-12,15H,4-6,13-14,16H2,1-3H3,(H,23,24). The highest BCUT2D eigenvalue weighted by Crippen LogP contribution is 2.28. The number of hydrogen-bond donors (Lipinski definition) is 1. The number of ether oxygens (including phenoxy) is 4. The van der Waals surface area contributed by atoms with Crippen LogP contribution in [0.2, 0.25) is 0 Å². The molecule has 0 saturated carbocycles. The summed E-state index contributed by atoms with van der Waals surface area (Å²) in [6.45, 7) is 7.93. The molecule has 0 atom stereocenters. The highest BCUT2D eigenvalue weighted by Gasteiger charge is 2.09. The van der Waals surface area contributed by atoms with Crippen molar-refractivity contribution in [2.45, 2.75) is 27.2 Å². The average Bonchev–Trinajstić information content (AvgIpc) is 2.70. The van der Waals surface area contributed by atoms with Crippen LogP contribution in [-0.4, -0.2) is 38.9 Å². The molecule has 1 amide bonds. The lowest BCUT2D eigenvalue weighted by Crippen LogP contribution is -2.30. The van der Waals surface area contributed by atoms with Crippen LogP contribution in [0.4, 0.5) is 0 Å². The predicted molar refractivity (Wildman–Crippen MR) is 109 cm³/mol. The molecule has 0 fully saturated rings. The third kappa shape index (κ3) is 6.68. The number of carbonyl (C=O) groups excluding carboxylic acids is 1. The summed E-state index contributed by atoms with van der Waals surface area (Å²) in [5, 5.41) is 2.87.